The second-order valence-electron chi connectivity index (χ2n) is 4.16. The minimum absolute atomic E-state index is 0.00440. The van der Waals surface area contributed by atoms with Crippen LogP contribution >= 0.6 is 0 Å². The van der Waals surface area contributed by atoms with E-state index in [9.17, 15) is 9.18 Å². The van der Waals surface area contributed by atoms with Crippen LogP contribution in [-0.4, -0.2) is 22.4 Å². The predicted molar refractivity (Wildman–Crippen MR) is 71.9 cm³/mol. The van der Waals surface area contributed by atoms with E-state index in [2.05, 4.69) is 20.7 Å². The van der Waals surface area contributed by atoms with Gasteiger partial charge in [-0.1, -0.05) is 12.1 Å². The van der Waals surface area contributed by atoms with Crippen LogP contribution in [0.1, 0.15) is 0 Å². The fourth-order valence-corrected chi connectivity index (χ4v) is 2.04. The second-order valence-corrected chi connectivity index (χ2v) is 4.16. The number of hydrogen-bond acceptors (Lipinski definition) is 6. The molecule has 0 spiro atoms. The van der Waals surface area contributed by atoms with Crippen molar-refractivity contribution in [3.63, 3.8) is 0 Å². The highest BCUT2D eigenvalue weighted by Gasteiger charge is 2.26. The first-order chi connectivity index (χ1) is 9.69. The largest absolute Gasteiger partial charge is 0.323 e. The van der Waals surface area contributed by atoms with Crippen LogP contribution in [0.25, 0.3) is 0 Å². The summed E-state index contributed by atoms with van der Waals surface area (Å²) >= 11 is 0. The number of nitrogens with two attached hydrogens (primary N) is 1. The Balaban J connectivity index is 2.12. The van der Waals surface area contributed by atoms with Gasteiger partial charge in [0.25, 0.3) is 0 Å². The fourth-order valence-electron chi connectivity index (χ4n) is 2.04. The smallest absolute Gasteiger partial charge is 0.244 e. The highest BCUT2D eigenvalue weighted by Crippen LogP contribution is 2.34. The summed E-state index contributed by atoms with van der Waals surface area (Å²) in [6.45, 7) is -0.0328. The predicted octanol–water partition coefficient (Wildman–Crippen LogP) is 0.991. The Kier molecular flexibility index (Phi) is 2.92. The first-order valence-electron chi connectivity index (χ1n) is 5.84. The number of nitrogens with one attached hydrogen (secondary N) is 2. The molecule has 102 valence electrons. The highest BCUT2D eigenvalue weighted by molar-refractivity contribution is 6.02. The van der Waals surface area contributed by atoms with Gasteiger partial charge in [0.1, 0.15) is 6.54 Å². The third kappa shape index (κ3) is 2.01. The van der Waals surface area contributed by atoms with Crippen molar-refractivity contribution in [3.05, 3.63) is 36.3 Å². The Bertz CT molecular complexity index is 677. The molecule has 0 unspecified atom stereocenters. The van der Waals surface area contributed by atoms with Crippen LogP contribution in [-0.2, 0) is 4.79 Å². The van der Waals surface area contributed by atoms with Gasteiger partial charge in [0.15, 0.2) is 11.6 Å². The maximum absolute atomic E-state index is 13.9. The van der Waals surface area contributed by atoms with E-state index >= 15 is 0 Å². The summed E-state index contributed by atoms with van der Waals surface area (Å²) < 4.78 is 13.9. The average Bonchev–Trinajstić information content (AvgIpc) is 2.47. The van der Waals surface area contributed by atoms with E-state index in [0.29, 0.717) is 11.4 Å². The molecule has 8 heteroatoms. The van der Waals surface area contributed by atoms with Crippen molar-refractivity contribution in [1.82, 2.24) is 9.97 Å². The molecule has 0 bridgehead atoms. The lowest BCUT2D eigenvalue weighted by molar-refractivity contribution is -0.115. The molecule has 2 heterocycles. The molecule has 3 rings (SSSR count). The normalized spacial score (nSPS) is 13.7. The van der Waals surface area contributed by atoms with E-state index in [1.165, 1.54) is 4.90 Å². The van der Waals surface area contributed by atoms with Crippen LogP contribution < -0.4 is 21.5 Å². The number of benzene rings is 1. The van der Waals surface area contributed by atoms with Crippen molar-refractivity contribution in [2.75, 3.05) is 22.2 Å². The van der Waals surface area contributed by atoms with Gasteiger partial charge >= 0.3 is 0 Å². The number of hydrogen-bond donors (Lipinski definition) is 3. The number of fused-ring (bicyclic) bond motifs is 1. The minimum Gasteiger partial charge on any atom is -0.323 e. The molecule has 1 amide bonds. The number of aromatic nitrogens is 2. The van der Waals surface area contributed by atoms with Crippen molar-refractivity contribution in [2.45, 2.75) is 0 Å². The number of halogens is 1. The number of hydrazine groups is 1. The van der Waals surface area contributed by atoms with Crippen molar-refractivity contribution < 1.29 is 9.18 Å². The summed E-state index contributed by atoms with van der Waals surface area (Å²) in [5.74, 6) is 4.42. The molecule has 7 nitrogen and oxygen atoms in total. The van der Waals surface area contributed by atoms with Gasteiger partial charge < -0.3 is 10.2 Å². The van der Waals surface area contributed by atoms with Crippen molar-refractivity contribution in [2.24, 2.45) is 5.84 Å². The molecule has 0 fully saturated rings. The Morgan fingerprint density at radius 3 is 3.00 bits per heavy atom. The fraction of sp³-hybridized carbons (Fsp3) is 0.0833. The molecule has 0 saturated heterocycles. The molecule has 1 aromatic carbocycles. The molecule has 1 aliphatic heterocycles. The van der Waals surface area contributed by atoms with Gasteiger partial charge in [-0.05, 0) is 12.1 Å². The summed E-state index contributed by atoms with van der Waals surface area (Å²) in [7, 11) is 0. The van der Waals surface area contributed by atoms with Crippen molar-refractivity contribution >= 4 is 29.0 Å². The van der Waals surface area contributed by atoms with Gasteiger partial charge in [-0.25, -0.2) is 15.2 Å². The molecule has 20 heavy (non-hydrogen) atoms. The van der Waals surface area contributed by atoms with E-state index in [4.69, 9.17) is 5.84 Å². The van der Waals surface area contributed by atoms with E-state index in [0.717, 1.165) is 6.20 Å². The highest BCUT2D eigenvalue weighted by atomic mass is 19.1. The van der Waals surface area contributed by atoms with E-state index < -0.39 is 5.82 Å². The molecular weight excluding hydrogens is 263 g/mol. The number of carbonyl (C=O) groups is 1. The lowest BCUT2D eigenvalue weighted by atomic mass is 10.2. The standard InChI is InChI=1S/C12H11FN6O/c13-7-5-15-12(18-14)17-11(7)19-6-10(20)16-8-3-1-2-4-9(8)19/h1-5H,6,14H2,(H,16,20)(H,15,17,18). The summed E-state index contributed by atoms with van der Waals surface area (Å²) in [5, 5.41) is 2.72. The van der Waals surface area contributed by atoms with Gasteiger partial charge in [-0.2, -0.15) is 4.98 Å². The Morgan fingerprint density at radius 1 is 1.40 bits per heavy atom. The topological polar surface area (TPSA) is 96.2 Å². The zero-order valence-electron chi connectivity index (χ0n) is 10.3. The van der Waals surface area contributed by atoms with Gasteiger partial charge in [-0.3, -0.25) is 10.2 Å². The molecule has 4 N–H and O–H groups in total. The number of para-hydroxylation sites is 2. The van der Waals surface area contributed by atoms with Crippen LogP contribution in [0.4, 0.5) is 27.5 Å². The zero-order valence-corrected chi connectivity index (χ0v) is 10.3. The summed E-state index contributed by atoms with van der Waals surface area (Å²) in [5.41, 5.74) is 3.51. The van der Waals surface area contributed by atoms with E-state index in [1.807, 2.05) is 0 Å². The van der Waals surface area contributed by atoms with Gasteiger partial charge in [0.05, 0.1) is 17.6 Å². The van der Waals surface area contributed by atoms with Crippen molar-refractivity contribution in [3.8, 4) is 0 Å². The lowest BCUT2D eigenvalue weighted by Crippen LogP contribution is -2.36. The molecule has 0 aliphatic carbocycles. The lowest BCUT2D eigenvalue weighted by Gasteiger charge is -2.30. The monoisotopic (exact) mass is 274 g/mol. The van der Waals surface area contributed by atoms with Gasteiger partial charge in [-0.15, -0.1) is 0 Å². The first kappa shape index (κ1) is 12.3. The Labute approximate surface area is 113 Å². The maximum Gasteiger partial charge on any atom is 0.244 e. The van der Waals surface area contributed by atoms with Crippen molar-refractivity contribution in [1.29, 1.82) is 0 Å². The van der Waals surface area contributed by atoms with E-state index in [1.54, 1.807) is 24.3 Å². The quantitative estimate of drug-likeness (QED) is 0.558. The third-order valence-electron chi connectivity index (χ3n) is 2.88. The van der Waals surface area contributed by atoms with Crippen LogP contribution in [0.15, 0.2) is 30.5 Å². The molecule has 0 radical (unpaired) electrons. The van der Waals surface area contributed by atoms with Crippen LogP contribution in [0.3, 0.4) is 0 Å². The Hall–Kier alpha value is -2.74. The maximum atomic E-state index is 13.9. The molecule has 0 atom stereocenters. The van der Waals surface area contributed by atoms with Gasteiger partial charge in [0, 0.05) is 0 Å². The molecular formula is C12H11FN6O. The second kappa shape index (κ2) is 4.74. The van der Waals surface area contributed by atoms with Crippen LogP contribution in [0.5, 0.6) is 0 Å². The number of nitrogens with zero attached hydrogens (tertiary/aromatic N) is 3. The summed E-state index contributed by atoms with van der Waals surface area (Å²) in [6.07, 6.45) is 1.01. The van der Waals surface area contributed by atoms with E-state index in [-0.39, 0.29) is 24.2 Å². The molecule has 2 aromatic rings. The number of rotatable bonds is 2. The third-order valence-corrected chi connectivity index (χ3v) is 2.88. The SMILES string of the molecule is NNc1ncc(F)c(N2CC(=O)Nc3ccccc32)n1. The molecule has 1 aliphatic rings. The Morgan fingerprint density at radius 2 is 2.20 bits per heavy atom. The van der Waals surface area contributed by atoms with Crippen LogP contribution in [0, 0.1) is 5.82 Å². The average molecular weight is 274 g/mol. The number of amides is 1. The molecule has 1 aromatic heterocycles. The van der Waals surface area contributed by atoms with Gasteiger partial charge in [0.2, 0.25) is 11.9 Å². The minimum atomic E-state index is -0.631. The molecule has 0 saturated carbocycles. The summed E-state index contributed by atoms with van der Waals surface area (Å²) in [4.78, 5) is 20.8. The zero-order chi connectivity index (χ0) is 14.1. The number of carbonyl (C=O) groups excluding carboxylic acids is 1. The first-order valence-corrected chi connectivity index (χ1v) is 5.84. The number of anilines is 4. The summed E-state index contributed by atoms with van der Waals surface area (Å²) in [6, 6.07) is 7.09. The van der Waals surface area contributed by atoms with Crippen LogP contribution in [0.2, 0.25) is 0 Å². The number of nitrogen functional groups attached to an aromatic ring is 1.